The zero-order chi connectivity index (χ0) is 28.3. The molecular weight excluding hydrogens is 522 g/mol. The fourth-order valence-electron chi connectivity index (χ4n) is 4.45. The number of aromatic nitrogens is 4. The van der Waals surface area contributed by atoms with Gasteiger partial charge in [0.15, 0.2) is 17.4 Å². The summed E-state index contributed by atoms with van der Waals surface area (Å²) < 4.78 is 18.1. The summed E-state index contributed by atoms with van der Waals surface area (Å²) in [7, 11) is 0. The maximum absolute atomic E-state index is 12.7. The number of aliphatic hydroxyl groups excluding tert-OH is 1. The van der Waals surface area contributed by atoms with E-state index in [1.807, 2.05) is 0 Å². The molecule has 5 rings (SSSR count). The number of esters is 2. The van der Waals surface area contributed by atoms with Gasteiger partial charge >= 0.3 is 11.9 Å². The number of nitrogens with one attached hydrogen (secondary N) is 1. The topological polar surface area (TPSA) is 175 Å². The Morgan fingerprint density at radius 1 is 1.02 bits per heavy atom. The zero-order valence-corrected chi connectivity index (χ0v) is 21.2. The van der Waals surface area contributed by atoms with Gasteiger partial charge in [0.05, 0.1) is 12.2 Å². The number of benzene rings is 2. The van der Waals surface area contributed by atoms with Crippen molar-refractivity contribution in [1.82, 2.24) is 19.6 Å². The average molecular weight is 548 g/mol. The Balaban J connectivity index is 1.45. The van der Waals surface area contributed by atoms with Crippen LogP contribution >= 0.6 is 0 Å². The SMILES string of the molecule is CC(=O)O[C@H]1[C@H](c2ncnc3c2ncn3NC(=O)c2ccccc2)O[C@H](COC(=O)c2ccccc2)[C@@]1(O)CO. The molecule has 0 bridgehead atoms. The molecule has 13 nitrogen and oxygen atoms in total. The molecular formula is C27H25N5O8. The van der Waals surface area contributed by atoms with E-state index >= 15 is 0 Å². The van der Waals surface area contributed by atoms with Gasteiger partial charge in [-0.2, -0.15) is 0 Å². The first-order valence-corrected chi connectivity index (χ1v) is 12.2. The molecule has 0 saturated carbocycles. The van der Waals surface area contributed by atoms with Gasteiger partial charge in [0.1, 0.15) is 42.7 Å². The summed E-state index contributed by atoms with van der Waals surface area (Å²) >= 11 is 0. The standard InChI is InChI=1S/C27H25N5O8/c1-16(34)39-23-22(40-19(27(23,37)13-33)12-38-26(36)18-10-6-3-7-11-18)20-21-24(29-14-28-20)32(15-30-21)31-25(35)17-8-4-2-5-9-17/h2-11,14-15,19,22-23,33,37H,12-13H2,1H3,(H,31,35)/t19-,22+,23+,27+/m1/s1. The van der Waals surface area contributed by atoms with Gasteiger partial charge in [0.25, 0.3) is 5.91 Å². The summed E-state index contributed by atoms with van der Waals surface area (Å²) in [5.74, 6) is -1.84. The van der Waals surface area contributed by atoms with Crippen LogP contribution < -0.4 is 5.43 Å². The maximum atomic E-state index is 12.7. The van der Waals surface area contributed by atoms with Gasteiger partial charge in [-0.3, -0.25) is 15.0 Å². The Bertz CT molecular complexity index is 1530. The van der Waals surface area contributed by atoms with Crippen molar-refractivity contribution < 1.29 is 38.8 Å². The molecule has 40 heavy (non-hydrogen) atoms. The van der Waals surface area contributed by atoms with Gasteiger partial charge in [-0.05, 0) is 24.3 Å². The molecule has 13 heteroatoms. The molecule has 1 aliphatic rings. The van der Waals surface area contributed by atoms with Crippen molar-refractivity contribution >= 4 is 29.0 Å². The number of nitrogens with zero attached hydrogens (tertiary/aromatic N) is 4. The summed E-state index contributed by atoms with van der Waals surface area (Å²) in [6, 6.07) is 16.7. The second-order valence-corrected chi connectivity index (χ2v) is 9.04. The van der Waals surface area contributed by atoms with Crippen molar-refractivity contribution in [2.45, 2.75) is 30.8 Å². The third kappa shape index (κ3) is 5.12. The van der Waals surface area contributed by atoms with Crippen molar-refractivity contribution in [3.63, 3.8) is 0 Å². The van der Waals surface area contributed by atoms with Gasteiger partial charge < -0.3 is 24.4 Å². The van der Waals surface area contributed by atoms with Crippen molar-refractivity contribution in [1.29, 1.82) is 0 Å². The first kappa shape index (κ1) is 26.9. The van der Waals surface area contributed by atoms with Gasteiger partial charge in [0, 0.05) is 12.5 Å². The minimum absolute atomic E-state index is 0.118. The molecule has 206 valence electrons. The lowest BCUT2D eigenvalue weighted by molar-refractivity contribution is -0.167. The fraction of sp³-hybridized carbons (Fsp3) is 0.259. The van der Waals surface area contributed by atoms with Crippen LogP contribution in [-0.2, 0) is 19.0 Å². The number of rotatable bonds is 8. The monoisotopic (exact) mass is 547 g/mol. The number of hydrogen-bond donors (Lipinski definition) is 3. The number of carbonyl (C=O) groups is 3. The molecule has 1 amide bonds. The molecule has 1 saturated heterocycles. The van der Waals surface area contributed by atoms with E-state index in [0.717, 1.165) is 6.92 Å². The van der Waals surface area contributed by atoms with Gasteiger partial charge in [-0.15, -0.1) is 0 Å². The maximum Gasteiger partial charge on any atom is 0.338 e. The van der Waals surface area contributed by atoms with Crippen LogP contribution in [0.3, 0.4) is 0 Å². The second-order valence-electron chi connectivity index (χ2n) is 9.04. The number of fused-ring (bicyclic) bond motifs is 1. The Morgan fingerprint density at radius 2 is 1.70 bits per heavy atom. The van der Waals surface area contributed by atoms with E-state index in [4.69, 9.17) is 14.2 Å². The average Bonchev–Trinajstić information content (AvgIpc) is 3.51. The zero-order valence-electron chi connectivity index (χ0n) is 21.2. The predicted molar refractivity (Wildman–Crippen MR) is 137 cm³/mol. The smallest absolute Gasteiger partial charge is 0.338 e. The first-order chi connectivity index (χ1) is 19.3. The van der Waals surface area contributed by atoms with E-state index in [0.29, 0.717) is 5.56 Å². The molecule has 3 heterocycles. The highest BCUT2D eigenvalue weighted by Gasteiger charge is 2.59. The van der Waals surface area contributed by atoms with Crippen molar-refractivity contribution in [3.05, 3.63) is 90.1 Å². The van der Waals surface area contributed by atoms with E-state index in [2.05, 4.69) is 20.4 Å². The van der Waals surface area contributed by atoms with E-state index in [1.54, 1.807) is 60.7 Å². The minimum atomic E-state index is -2.16. The molecule has 0 unspecified atom stereocenters. The van der Waals surface area contributed by atoms with Gasteiger partial charge in [0.2, 0.25) is 0 Å². The summed E-state index contributed by atoms with van der Waals surface area (Å²) in [5, 5.41) is 21.6. The Labute approximate surface area is 227 Å². The number of hydrogen-bond acceptors (Lipinski definition) is 11. The lowest BCUT2D eigenvalue weighted by Gasteiger charge is -2.31. The largest absolute Gasteiger partial charge is 0.459 e. The van der Waals surface area contributed by atoms with Gasteiger partial charge in [-0.1, -0.05) is 36.4 Å². The number of carbonyl (C=O) groups excluding carboxylic acids is 3. The van der Waals surface area contributed by atoms with Crippen molar-refractivity contribution in [2.24, 2.45) is 0 Å². The van der Waals surface area contributed by atoms with Crippen molar-refractivity contribution in [2.75, 3.05) is 18.6 Å². The van der Waals surface area contributed by atoms with Crippen LogP contribution in [0.4, 0.5) is 0 Å². The van der Waals surface area contributed by atoms with Crippen LogP contribution in [0.5, 0.6) is 0 Å². The van der Waals surface area contributed by atoms with E-state index in [9.17, 15) is 24.6 Å². The van der Waals surface area contributed by atoms with Gasteiger partial charge in [-0.25, -0.2) is 24.4 Å². The van der Waals surface area contributed by atoms with Crippen LogP contribution in [0.1, 0.15) is 39.4 Å². The molecule has 2 aromatic carbocycles. The van der Waals surface area contributed by atoms with Crippen LogP contribution in [0.2, 0.25) is 0 Å². The Kier molecular flexibility index (Phi) is 7.51. The number of aliphatic hydroxyl groups is 2. The molecule has 1 fully saturated rings. The molecule has 4 atom stereocenters. The van der Waals surface area contributed by atoms with Crippen LogP contribution in [0.15, 0.2) is 73.3 Å². The van der Waals surface area contributed by atoms with Crippen LogP contribution in [-0.4, -0.2) is 78.7 Å². The summed E-state index contributed by atoms with van der Waals surface area (Å²) in [6.07, 6.45) is -1.47. The number of amides is 1. The molecule has 2 aromatic heterocycles. The Morgan fingerprint density at radius 3 is 2.35 bits per heavy atom. The quantitative estimate of drug-likeness (QED) is 0.270. The third-order valence-corrected chi connectivity index (χ3v) is 6.45. The number of imidazole rings is 1. The normalized spacial score (nSPS) is 22.1. The Hall–Kier alpha value is -4.72. The lowest BCUT2D eigenvalue weighted by atomic mass is 9.90. The number of ether oxygens (including phenoxy) is 3. The molecule has 1 aliphatic heterocycles. The molecule has 0 spiro atoms. The highest BCUT2D eigenvalue weighted by molar-refractivity contribution is 6.00. The molecule has 0 aliphatic carbocycles. The van der Waals surface area contributed by atoms with E-state index < -0.39 is 55.0 Å². The predicted octanol–water partition coefficient (Wildman–Crippen LogP) is 1.16. The molecule has 4 aromatic rings. The summed E-state index contributed by atoms with van der Waals surface area (Å²) in [5.41, 5.74) is 1.71. The summed E-state index contributed by atoms with van der Waals surface area (Å²) in [4.78, 5) is 50.0. The first-order valence-electron chi connectivity index (χ1n) is 12.2. The molecule has 3 N–H and O–H groups in total. The van der Waals surface area contributed by atoms with Crippen LogP contribution in [0.25, 0.3) is 11.2 Å². The second kappa shape index (κ2) is 11.2. The van der Waals surface area contributed by atoms with E-state index in [-0.39, 0.29) is 22.4 Å². The third-order valence-electron chi connectivity index (χ3n) is 6.45. The van der Waals surface area contributed by atoms with Crippen LogP contribution in [0, 0.1) is 0 Å². The fourth-order valence-corrected chi connectivity index (χ4v) is 4.45. The highest BCUT2D eigenvalue weighted by atomic mass is 16.6. The highest BCUT2D eigenvalue weighted by Crippen LogP contribution is 2.43. The van der Waals surface area contributed by atoms with E-state index in [1.165, 1.54) is 17.3 Å². The van der Waals surface area contributed by atoms with Crippen molar-refractivity contribution in [3.8, 4) is 0 Å². The molecule has 0 radical (unpaired) electrons. The summed E-state index contributed by atoms with van der Waals surface area (Å²) in [6.45, 7) is -0.208. The minimum Gasteiger partial charge on any atom is -0.459 e. The lowest BCUT2D eigenvalue weighted by Crippen LogP contribution is -2.53.